The van der Waals surface area contributed by atoms with E-state index in [0.717, 1.165) is 15.7 Å². The summed E-state index contributed by atoms with van der Waals surface area (Å²) in [5, 5.41) is 4.11. The molecule has 0 fully saturated rings. The van der Waals surface area contributed by atoms with Crippen molar-refractivity contribution in [1.82, 2.24) is 5.43 Å². The van der Waals surface area contributed by atoms with Gasteiger partial charge in [0.1, 0.15) is 11.5 Å². The lowest BCUT2D eigenvalue weighted by atomic mass is 10.1. The molecule has 20 heavy (non-hydrogen) atoms. The average Bonchev–Trinajstić information content (AvgIpc) is 2.75. The van der Waals surface area contributed by atoms with Gasteiger partial charge in [0.05, 0.1) is 11.3 Å². The Balaban J connectivity index is 2.10. The molecule has 5 heteroatoms. The summed E-state index contributed by atoms with van der Waals surface area (Å²) in [5.41, 5.74) is 4.74. The second-order valence-corrected chi connectivity index (χ2v) is 5.39. The average molecular weight is 335 g/mol. The molecule has 0 saturated carbocycles. The molecule has 2 rings (SSSR count). The number of hydrogen-bond donors (Lipinski definition) is 1. The molecule has 0 spiro atoms. The van der Waals surface area contributed by atoms with Gasteiger partial charge < -0.3 is 4.42 Å². The number of nitrogens with zero attached hydrogens (tertiary/aromatic N) is 1. The molecule has 1 heterocycles. The molecule has 1 aromatic carbocycles. The van der Waals surface area contributed by atoms with Crippen LogP contribution in [0.15, 0.2) is 44.3 Å². The van der Waals surface area contributed by atoms with E-state index in [1.54, 1.807) is 19.9 Å². The molecule has 0 saturated heterocycles. The molecule has 0 atom stereocenters. The second-order valence-electron chi connectivity index (χ2n) is 4.47. The fourth-order valence-corrected chi connectivity index (χ4v) is 2.07. The highest BCUT2D eigenvalue weighted by Crippen LogP contribution is 2.14. The largest absolute Gasteiger partial charge is 0.466 e. The number of carbonyl (C=O) groups excluding carboxylic acids is 1. The smallest absolute Gasteiger partial charge is 0.274 e. The van der Waals surface area contributed by atoms with E-state index in [1.165, 1.54) is 0 Å². The summed E-state index contributed by atoms with van der Waals surface area (Å²) in [6.07, 6.45) is 0. The van der Waals surface area contributed by atoms with Gasteiger partial charge >= 0.3 is 0 Å². The molecule has 1 amide bonds. The van der Waals surface area contributed by atoms with Crippen LogP contribution in [-0.2, 0) is 0 Å². The highest BCUT2D eigenvalue weighted by Gasteiger charge is 2.12. The topological polar surface area (TPSA) is 54.6 Å². The molecular weight excluding hydrogens is 320 g/mol. The minimum absolute atomic E-state index is 0.268. The van der Waals surface area contributed by atoms with Gasteiger partial charge in [0, 0.05) is 4.47 Å². The molecule has 0 aliphatic carbocycles. The van der Waals surface area contributed by atoms with Crippen molar-refractivity contribution in [1.29, 1.82) is 0 Å². The number of rotatable bonds is 3. The van der Waals surface area contributed by atoms with Crippen LogP contribution < -0.4 is 5.43 Å². The predicted octanol–water partition coefficient (Wildman–Crippen LogP) is 3.81. The number of nitrogens with one attached hydrogen (secondary N) is 1. The normalized spacial score (nSPS) is 11.5. The fourth-order valence-electron chi connectivity index (χ4n) is 1.81. The van der Waals surface area contributed by atoms with Crippen molar-refractivity contribution in [3.63, 3.8) is 0 Å². The first-order valence-corrected chi connectivity index (χ1v) is 6.94. The van der Waals surface area contributed by atoms with Crippen molar-refractivity contribution in [2.75, 3.05) is 0 Å². The Hall–Kier alpha value is -1.88. The summed E-state index contributed by atoms with van der Waals surface area (Å²) in [7, 11) is 0. The van der Waals surface area contributed by atoms with Gasteiger partial charge in [-0.3, -0.25) is 4.79 Å². The van der Waals surface area contributed by atoms with Gasteiger partial charge in [-0.25, -0.2) is 5.43 Å². The molecule has 104 valence electrons. The summed E-state index contributed by atoms with van der Waals surface area (Å²) < 4.78 is 6.33. The summed E-state index contributed by atoms with van der Waals surface area (Å²) in [5.74, 6) is 1.04. The number of amides is 1. The lowest BCUT2D eigenvalue weighted by molar-refractivity contribution is 0.0953. The first-order valence-electron chi connectivity index (χ1n) is 6.15. The molecule has 0 radical (unpaired) electrons. The minimum Gasteiger partial charge on any atom is -0.466 e. The second kappa shape index (κ2) is 6.05. The van der Waals surface area contributed by atoms with Gasteiger partial charge in [-0.1, -0.05) is 28.1 Å². The standard InChI is InChI=1S/C15H15BrN2O2/c1-9-8-14(11(3)20-9)15(19)18-17-10(2)12-4-6-13(16)7-5-12/h4-8H,1-3H3,(H,18,19)/b17-10+. The van der Waals surface area contributed by atoms with Gasteiger partial charge in [0.25, 0.3) is 5.91 Å². The van der Waals surface area contributed by atoms with E-state index in [4.69, 9.17) is 4.42 Å². The quantitative estimate of drug-likeness (QED) is 0.685. The molecular formula is C15H15BrN2O2. The van der Waals surface area contributed by atoms with Crippen molar-refractivity contribution in [2.45, 2.75) is 20.8 Å². The lowest BCUT2D eigenvalue weighted by Gasteiger charge is -2.02. The van der Waals surface area contributed by atoms with Gasteiger partial charge in [-0.15, -0.1) is 0 Å². The third kappa shape index (κ3) is 3.36. The Morgan fingerprint density at radius 3 is 2.45 bits per heavy atom. The maximum absolute atomic E-state index is 12.0. The maximum atomic E-state index is 12.0. The van der Waals surface area contributed by atoms with Crippen LogP contribution in [0, 0.1) is 13.8 Å². The fraction of sp³-hybridized carbons (Fsp3) is 0.200. The van der Waals surface area contributed by atoms with Crippen LogP contribution in [0.3, 0.4) is 0 Å². The van der Waals surface area contributed by atoms with Gasteiger partial charge in [0.2, 0.25) is 0 Å². The van der Waals surface area contributed by atoms with Gasteiger partial charge in [0.15, 0.2) is 0 Å². The van der Waals surface area contributed by atoms with E-state index < -0.39 is 0 Å². The zero-order valence-electron chi connectivity index (χ0n) is 11.5. The van der Waals surface area contributed by atoms with Crippen molar-refractivity contribution in [2.24, 2.45) is 5.10 Å². The molecule has 0 bridgehead atoms. The van der Waals surface area contributed by atoms with Crippen molar-refractivity contribution >= 4 is 27.5 Å². The van der Waals surface area contributed by atoms with Crippen molar-refractivity contribution in [3.8, 4) is 0 Å². The number of carbonyl (C=O) groups is 1. The molecule has 2 aromatic rings. The lowest BCUT2D eigenvalue weighted by Crippen LogP contribution is -2.19. The monoisotopic (exact) mass is 334 g/mol. The maximum Gasteiger partial charge on any atom is 0.274 e. The van der Waals surface area contributed by atoms with Crippen LogP contribution in [0.4, 0.5) is 0 Å². The Kier molecular flexibility index (Phi) is 4.39. The number of hydrazone groups is 1. The van der Waals surface area contributed by atoms with Crippen LogP contribution in [0.1, 0.15) is 34.4 Å². The number of furan rings is 1. The third-order valence-electron chi connectivity index (χ3n) is 2.87. The zero-order chi connectivity index (χ0) is 14.7. The third-order valence-corrected chi connectivity index (χ3v) is 3.40. The molecule has 4 nitrogen and oxygen atoms in total. The van der Waals surface area contributed by atoms with Gasteiger partial charge in [-0.05, 0) is 44.5 Å². The summed E-state index contributed by atoms with van der Waals surface area (Å²) in [4.78, 5) is 12.0. The first kappa shape index (κ1) is 14.5. The van der Waals surface area contributed by atoms with Crippen molar-refractivity contribution < 1.29 is 9.21 Å². The number of halogens is 1. The summed E-state index contributed by atoms with van der Waals surface area (Å²) in [6, 6.07) is 9.43. The summed E-state index contributed by atoms with van der Waals surface area (Å²) in [6.45, 7) is 5.41. The molecule has 0 aliphatic rings. The number of hydrogen-bond acceptors (Lipinski definition) is 3. The van der Waals surface area contributed by atoms with Crippen LogP contribution >= 0.6 is 15.9 Å². The van der Waals surface area contributed by atoms with Crippen molar-refractivity contribution in [3.05, 3.63) is 57.5 Å². The van der Waals surface area contributed by atoms with Crippen LogP contribution in [0.25, 0.3) is 0 Å². The summed E-state index contributed by atoms with van der Waals surface area (Å²) >= 11 is 3.38. The molecule has 1 N–H and O–H groups in total. The van der Waals surface area contributed by atoms with E-state index in [-0.39, 0.29) is 5.91 Å². The highest BCUT2D eigenvalue weighted by atomic mass is 79.9. The van der Waals surface area contributed by atoms with Crippen LogP contribution in [0.5, 0.6) is 0 Å². The minimum atomic E-state index is -0.268. The zero-order valence-corrected chi connectivity index (χ0v) is 13.1. The first-order chi connectivity index (χ1) is 9.47. The predicted molar refractivity (Wildman–Crippen MR) is 82.0 cm³/mol. The van der Waals surface area contributed by atoms with E-state index in [0.29, 0.717) is 17.1 Å². The molecule has 0 unspecified atom stereocenters. The Morgan fingerprint density at radius 2 is 1.90 bits per heavy atom. The Bertz CT molecular complexity index is 657. The van der Waals surface area contributed by atoms with Crippen LogP contribution in [-0.4, -0.2) is 11.6 Å². The van der Waals surface area contributed by atoms with Crippen LogP contribution in [0.2, 0.25) is 0 Å². The van der Waals surface area contributed by atoms with Gasteiger partial charge in [-0.2, -0.15) is 5.10 Å². The van der Waals surface area contributed by atoms with E-state index in [9.17, 15) is 4.79 Å². The highest BCUT2D eigenvalue weighted by molar-refractivity contribution is 9.10. The Morgan fingerprint density at radius 1 is 1.25 bits per heavy atom. The number of benzene rings is 1. The SMILES string of the molecule is C/C(=N\NC(=O)c1cc(C)oc1C)c1ccc(Br)cc1. The Labute approximate surface area is 126 Å². The molecule has 1 aromatic heterocycles. The molecule has 0 aliphatic heterocycles. The van der Waals surface area contributed by atoms with E-state index in [2.05, 4.69) is 26.5 Å². The number of aryl methyl sites for hydroxylation is 2. The van der Waals surface area contributed by atoms with E-state index >= 15 is 0 Å². The van der Waals surface area contributed by atoms with E-state index in [1.807, 2.05) is 31.2 Å².